The van der Waals surface area contributed by atoms with Crippen molar-refractivity contribution in [3.05, 3.63) is 0 Å². The van der Waals surface area contributed by atoms with E-state index in [4.69, 9.17) is 5.73 Å². The zero-order valence-corrected chi connectivity index (χ0v) is 15.5. The summed E-state index contributed by atoms with van der Waals surface area (Å²) in [6.45, 7) is 0.671. The molecule has 5 nitrogen and oxygen atoms in total. The summed E-state index contributed by atoms with van der Waals surface area (Å²) in [5.41, 5.74) is 5.81. The highest BCUT2D eigenvalue weighted by Gasteiger charge is 2.32. The fourth-order valence-corrected chi connectivity index (χ4v) is 5.07. The Balaban J connectivity index is 1.36. The van der Waals surface area contributed by atoms with Crippen LogP contribution in [0.25, 0.3) is 0 Å². The molecule has 0 aromatic carbocycles. The van der Waals surface area contributed by atoms with Gasteiger partial charge in [0.2, 0.25) is 11.8 Å². The first-order chi connectivity index (χ1) is 12.2. The van der Waals surface area contributed by atoms with E-state index in [9.17, 15) is 9.59 Å². The maximum absolute atomic E-state index is 12.5. The smallest absolute Gasteiger partial charge is 0.223 e. The fraction of sp³-hybridized carbons (Fsp3) is 0.900. The van der Waals surface area contributed by atoms with Gasteiger partial charge >= 0.3 is 0 Å². The zero-order chi connectivity index (χ0) is 17.6. The second kappa shape index (κ2) is 9.02. The van der Waals surface area contributed by atoms with E-state index < -0.39 is 0 Å². The van der Waals surface area contributed by atoms with Gasteiger partial charge in [0.25, 0.3) is 0 Å². The Labute approximate surface area is 151 Å². The Bertz CT molecular complexity index is 454. The number of carbonyl (C=O) groups is 2. The number of hydrogen-bond donors (Lipinski definition) is 3. The Kier molecular flexibility index (Phi) is 6.74. The monoisotopic (exact) mass is 349 g/mol. The SMILES string of the molecule is NCC1CCCC1NC(=O)C1CCC(NC(=O)CC2CCCC2)CC1. The summed E-state index contributed by atoms with van der Waals surface area (Å²) in [5.74, 6) is 1.60. The van der Waals surface area contributed by atoms with Crippen LogP contribution in [-0.2, 0) is 9.59 Å². The summed E-state index contributed by atoms with van der Waals surface area (Å²) in [5, 5.41) is 6.45. The van der Waals surface area contributed by atoms with Gasteiger partial charge in [-0.3, -0.25) is 9.59 Å². The standard InChI is InChI=1S/C20H35N3O2/c21-13-16-6-3-7-18(16)23-20(25)15-8-10-17(11-9-15)22-19(24)12-14-4-1-2-5-14/h14-18H,1-13,21H2,(H,22,24)(H,23,25). The number of rotatable bonds is 6. The molecule has 0 heterocycles. The van der Waals surface area contributed by atoms with Crippen LogP contribution in [0.3, 0.4) is 0 Å². The molecular weight excluding hydrogens is 314 g/mol. The first kappa shape index (κ1) is 18.7. The van der Waals surface area contributed by atoms with Crippen LogP contribution in [0.15, 0.2) is 0 Å². The molecule has 4 N–H and O–H groups in total. The lowest BCUT2D eigenvalue weighted by Gasteiger charge is -2.30. The summed E-state index contributed by atoms with van der Waals surface area (Å²) >= 11 is 0. The Hall–Kier alpha value is -1.10. The van der Waals surface area contributed by atoms with Gasteiger partial charge in [-0.1, -0.05) is 19.3 Å². The van der Waals surface area contributed by atoms with Gasteiger partial charge in [-0.05, 0) is 69.7 Å². The van der Waals surface area contributed by atoms with Crippen molar-refractivity contribution in [2.75, 3.05) is 6.54 Å². The number of amides is 2. The van der Waals surface area contributed by atoms with Crippen LogP contribution in [0, 0.1) is 17.8 Å². The molecule has 0 aromatic heterocycles. The predicted molar refractivity (Wildman–Crippen MR) is 98.8 cm³/mol. The molecule has 2 unspecified atom stereocenters. The van der Waals surface area contributed by atoms with Gasteiger partial charge in [0.1, 0.15) is 0 Å². The predicted octanol–water partition coefficient (Wildman–Crippen LogP) is 2.49. The van der Waals surface area contributed by atoms with E-state index in [1.54, 1.807) is 0 Å². The van der Waals surface area contributed by atoms with Crippen LogP contribution < -0.4 is 16.4 Å². The molecule has 25 heavy (non-hydrogen) atoms. The molecule has 3 aliphatic carbocycles. The van der Waals surface area contributed by atoms with Gasteiger partial charge in [-0.15, -0.1) is 0 Å². The molecule has 0 saturated heterocycles. The summed E-state index contributed by atoms with van der Waals surface area (Å²) in [6, 6.07) is 0.544. The van der Waals surface area contributed by atoms with Crippen molar-refractivity contribution in [1.29, 1.82) is 0 Å². The summed E-state index contributed by atoms with van der Waals surface area (Å²) in [4.78, 5) is 24.7. The van der Waals surface area contributed by atoms with E-state index in [1.165, 1.54) is 32.1 Å². The van der Waals surface area contributed by atoms with Crippen LogP contribution in [0.2, 0.25) is 0 Å². The molecule has 2 atom stereocenters. The van der Waals surface area contributed by atoms with Crippen LogP contribution in [0.1, 0.15) is 77.0 Å². The normalized spacial score (nSPS) is 33.3. The first-order valence-electron chi connectivity index (χ1n) is 10.5. The second-order valence-corrected chi connectivity index (χ2v) is 8.51. The number of nitrogens with one attached hydrogen (secondary N) is 2. The fourth-order valence-electron chi connectivity index (χ4n) is 5.07. The maximum atomic E-state index is 12.5. The lowest BCUT2D eigenvalue weighted by Crippen LogP contribution is -2.45. The van der Waals surface area contributed by atoms with Crippen molar-refractivity contribution in [1.82, 2.24) is 10.6 Å². The van der Waals surface area contributed by atoms with E-state index in [2.05, 4.69) is 10.6 Å². The molecule has 142 valence electrons. The highest BCUT2D eigenvalue weighted by atomic mass is 16.2. The molecule has 2 amide bonds. The largest absolute Gasteiger partial charge is 0.353 e. The third kappa shape index (κ3) is 5.19. The number of hydrogen-bond acceptors (Lipinski definition) is 3. The van der Waals surface area contributed by atoms with Crippen molar-refractivity contribution in [2.45, 2.75) is 89.1 Å². The van der Waals surface area contributed by atoms with Gasteiger partial charge in [0.15, 0.2) is 0 Å². The second-order valence-electron chi connectivity index (χ2n) is 8.51. The molecule has 0 radical (unpaired) electrons. The molecule has 3 rings (SSSR count). The molecular formula is C20H35N3O2. The Morgan fingerprint density at radius 1 is 0.840 bits per heavy atom. The highest BCUT2D eigenvalue weighted by molar-refractivity contribution is 5.79. The highest BCUT2D eigenvalue weighted by Crippen LogP contribution is 2.29. The van der Waals surface area contributed by atoms with Crippen LogP contribution in [-0.4, -0.2) is 30.4 Å². The third-order valence-corrected chi connectivity index (χ3v) is 6.70. The minimum atomic E-state index is 0.113. The van der Waals surface area contributed by atoms with Crippen molar-refractivity contribution >= 4 is 11.8 Å². The minimum absolute atomic E-state index is 0.113. The van der Waals surface area contributed by atoms with Crippen molar-refractivity contribution in [3.8, 4) is 0 Å². The van der Waals surface area contributed by atoms with Gasteiger partial charge in [-0.2, -0.15) is 0 Å². The quantitative estimate of drug-likeness (QED) is 0.689. The van der Waals surface area contributed by atoms with Crippen LogP contribution >= 0.6 is 0 Å². The average molecular weight is 350 g/mol. The molecule has 5 heteroatoms. The summed E-state index contributed by atoms with van der Waals surface area (Å²) in [7, 11) is 0. The van der Waals surface area contributed by atoms with E-state index in [0.29, 0.717) is 24.8 Å². The third-order valence-electron chi connectivity index (χ3n) is 6.70. The minimum Gasteiger partial charge on any atom is -0.353 e. The molecule has 3 saturated carbocycles. The number of nitrogens with two attached hydrogens (primary N) is 1. The van der Waals surface area contributed by atoms with Crippen molar-refractivity contribution < 1.29 is 9.59 Å². The van der Waals surface area contributed by atoms with Crippen molar-refractivity contribution in [3.63, 3.8) is 0 Å². The molecule has 0 aliphatic heterocycles. The van der Waals surface area contributed by atoms with Crippen LogP contribution in [0.4, 0.5) is 0 Å². The molecule has 3 fully saturated rings. The lowest BCUT2D eigenvalue weighted by molar-refractivity contribution is -0.127. The first-order valence-corrected chi connectivity index (χ1v) is 10.5. The van der Waals surface area contributed by atoms with E-state index >= 15 is 0 Å². The van der Waals surface area contributed by atoms with E-state index in [1.807, 2.05) is 0 Å². The van der Waals surface area contributed by atoms with Gasteiger partial charge in [0, 0.05) is 24.4 Å². The van der Waals surface area contributed by atoms with E-state index in [-0.39, 0.29) is 29.8 Å². The average Bonchev–Trinajstić information content (AvgIpc) is 3.27. The lowest BCUT2D eigenvalue weighted by atomic mass is 9.85. The topological polar surface area (TPSA) is 84.2 Å². The van der Waals surface area contributed by atoms with Gasteiger partial charge in [0.05, 0.1) is 0 Å². The number of carbonyl (C=O) groups excluding carboxylic acids is 2. The Morgan fingerprint density at radius 3 is 2.24 bits per heavy atom. The Morgan fingerprint density at radius 2 is 1.56 bits per heavy atom. The van der Waals surface area contributed by atoms with Crippen molar-refractivity contribution in [2.24, 2.45) is 23.5 Å². The molecule has 0 aromatic rings. The maximum Gasteiger partial charge on any atom is 0.223 e. The van der Waals surface area contributed by atoms with Crippen LogP contribution in [0.5, 0.6) is 0 Å². The zero-order valence-electron chi connectivity index (χ0n) is 15.5. The summed E-state index contributed by atoms with van der Waals surface area (Å²) in [6.07, 6.45) is 12.7. The van der Waals surface area contributed by atoms with E-state index in [0.717, 1.165) is 38.5 Å². The molecule has 0 spiro atoms. The molecule has 3 aliphatic rings. The summed E-state index contributed by atoms with van der Waals surface area (Å²) < 4.78 is 0. The molecule has 0 bridgehead atoms. The van der Waals surface area contributed by atoms with Gasteiger partial charge < -0.3 is 16.4 Å². The van der Waals surface area contributed by atoms with Gasteiger partial charge in [-0.25, -0.2) is 0 Å².